The van der Waals surface area contributed by atoms with Crippen molar-refractivity contribution in [2.24, 2.45) is 0 Å². The fraction of sp³-hybridized carbons (Fsp3) is 0.316. The number of rotatable bonds is 6. The summed E-state index contributed by atoms with van der Waals surface area (Å²) in [4.78, 5) is 12.0. The number of nitrogens with one attached hydrogen (secondary N) is 1. The van der Waals surface area contributed by atoms with E-state index in [1.165, 1.54) is 0 Å². The van der Waals surface area contributed by atoms with Crippen LogP contribution in [0.4, 0.5) is 5.69 Å². The molecule has 126 valence electrons. The second kappa shape index (κ2) is 8.36. The number of carbonyl (C=O) groups excluding carboxylic acids is 1. The number of carbonyl (C=O) groups is 1. The van der Waals surface area contributed by atoms with Gasteiger partial charge in [0.1, 0.15) is 0 Å². The van der Waals surface area contributed by atoms with Crippen molar-refractivity contribution < 1.29 is 19.0 Å². The van der Waals surface area contributed by atoms with Crippen LogP contribution in [0.25, 0.3) is 0 Å². The van der Waals surface area contributed by atoms with E-state index >= 15 is 0 Å². The number of hydrogen-bond acceptors (Lipinski definition) is 4. The molecule has 0 aromatic heterocycles. The van der Waals surface area contributed by atoms with Crippen LogP contribution in [0.1, 0.15) is 18.4 Å². The van der Waals surface area contributed by atoms with E-state index in [9.17, 15) is 4.79 Å². The minimum Gasteiger partial charge on any atom is -0.490 e. The first-order chi connectivity index (χ1) is 11.8. The Morgan fingerprint density at radius 3 is 2.67 bits per heavy atom. The van der Waals surface area contributed by atoms with Gasteiger partial charge in [0.2, 0.25) is 5.91 Å². The molecule has 5 nitrogen and oxygen atoms in total. The van der Waals surface area contributed by atoms with Gasteiger partial charge in [-0.1, -0.05) is 30.3 Å². The van der Waals surface area contributed by atoms with Gasteiger partial charge in [-0.25, -0.2) is 0 Å². The van der Waals surface area contributed by atoms with Crippen molar-refractivity contribution in [2.75, 3.05) is 25.1 Å². The second-order valence-corrected chi connectivity index (χ2v) is 5.55. The zero-order valence-electron chi connectivity index (χ0n) is 13.5. The van der Waals surface area contributed by atoms with Gasteiger partial charge >= 0.3 is 0 Å². The molecule has 5 heteroatoms. The van der Waals surface area contributed by atoms with Gasteiger partial charge in [0, 0.05) is 18.2 Å². The van der Waals surface area contributed by atoms with Crippen LogP contribution in [-0.2, 0) is 16.1 Å². The summed E-state index contributed by atoms with van der Waals surface area (Å²) in [6.45, 7) is 2.17. The molecule has 3 rings (SSSR count). The molecule has 1 amide bonds. The molecule has 1 aliphatic rings. The monoisotopic (exact) mass is 327 g/mol. The fourth-order valence-electron chi connectivity index (χ4n) is 2.39. The highest BCUT2D eigenvalue weighted by atomic mass is 16.5. The largest absolute Gasteiger partial charge is 0.490 e. The third-order valence-electron chi connectivity index (χ3n) is 3.62. The topological polar surface area (TPSA) is 56.8 Å². The molecule has 1 N–H and O–H groups in total. The maximum absolute atomic E-state index is 12.0. The molecule has 0 saturated heterocycles. The molecular formula is C19H21NO4. The van der Waals surface area contributed by atoms with Crippen molar-refractivity contribution in [2.45, 2.75) is 19.4 Å². The van der Waals surface area contributed by atoms with Crippen LogP contribution >= 0.6 is 0 Å². The van der Waals surface area contributed by atoms with Gasteiger partial charge in [-0.3, -0.25) is 4.79 Å². The highest BCUT2D eigenvalue weighted by Gasteiger charge is 2.11. The molecule has 0 saturated carbocycles. The van der Waals surface area contributed by atoms with E-state index in [1.54, 1.807) is 6.07 Å². The molecule has 0 atom stereocenters. The lowest BCUT2D eigenvalue weighted by molar-refractivity contribution is -0.117. The van der Waals surface area contributed by atoms with Crippen molar-refractivity contribution >= 4 is 11.6 Å². The van der Waals surface area contributed by atoms with Crippen LogP contribution in [0.5, 0.6) is 11.5 Å². The number of hydrogen-bond donors (Lipinski definition) is 1. The van der Waals surface area contributed by atoms with Gasteiger partial charge in [-0.05, 0) is 17.7 Å². The van der Waals surface area contributed by atoms with Crippen molar-refractivity contribution in [3.63, 3.8) is 0 Å². The summed E-state index contributed by atoms with van der Waals surface area (Å²) in [5.74, 6) is 1.31. The Morgan fingerprint density at radius 1 is 1.04 bits per heavy atom. The van der Waals surface area contributed by atoms with Crippen molar-refractivity contribution in [3.05, 3.63) is 54.1 Å². The number of ether oxygens (including phenoxy) is 3. The van der Waals surface area contributed by atoms with Gasteiger partial charge in [0.15, 0.2) is 11.5 Å². The molecular weight excluding hydrogens is 306 g/mol. The average molecular weight is 327 g/mol. The maximum Gasteiger partial charge on any atom is 0.226 e. The normalized spacial score (nSPS) is 13.2. The predicted octanol–water partition coefficient (Wildman–Crippen LogP) is 3.39. The van der Waals surface area contributed by atoms with Gasteiger partial charge in [0.05, 0.1) is 32.8 Å². The first-order valence-electron chi connectivity index (χ1n) is 8.12. The summed E-state index contributed by atoms with van der Waals surface area (Å²) in [5.41, 5.74) is 1.80. The van der Waals surface area contributed by atoms with Crippen LogP contribution in [0, 0.1) is 0 Å². The lowest BCUT2D eigenvalue weighted by atomic mass is 10.2. The van der Waals surface area contributed by atoms with Crippen LogP contribution in [0.2, 0.25) is 0 Å². The van der Waals surface area contributed by atoms with E-state index < -0.39 is 0 Å². The summed E-state index contributed by atoms with van der Waals surface area (Å²) in [5, 5.41) is 2.86. The molecule has 0 radical (unpaired) electrons. The molecule has 1 aliphatic heterocycles. The second-order valence-electron chi connectivity index (χ2n) is 5.55. The van der Waals surface area contributed by atoms with Crippen molar-refractivity contribution in [3.8, 4) is 11.5 Å². The Labute approximate surface area is 141 Å². The summed E-state index contributed by atoms with van der Waals surface area (Å²) in [6, 6.07) is 15.3. The van der Waals surface area contributed by atoms with Gasteiger partial charge in [-0.2, -0.15) is 0 Å². The molecule has 0 aliphatic carbocycles. The zero-order chi connectivity index (χ0) is 16.6. The van der Waals surface area contributed by atoms with E-state index in [0.29, 0.717) is 44.3 Å². The van der Waals surface area contributed by atoms with Crippen molar-refractivity contribution in [1.82, 2.24) is 0 Å². The highest BCUT2D eigenvalue weighted by Crippen LogP contribution is 2.32. The predicted molar refractivity (Wildman–Crippen MR) is 91.4 cm³/mol. The number of anilines is 1. The molecule has 0 fully saturated rings. The van der Waals surface area contributed by atoms with Gasteiger partial charge in [-0.15, -0.1) is 0 Å². The highest BCUT2D eigenvalue weighted by molar-refractivity contribution is 5.91. The van der Waals surface area contributed by atoms with E-state index in [2.05, 4.69) is 5.32 Å². The van der Waals surface area contributed by atoms with E-state index in [4.69, 9.17) is 14.2 Å². The average Bonchev–Trinajstić information content (AvgIpc) is 2.84. The molecule has 24 heavy (non-hydrogen) atoms. The standard InChI is InChI=1S/C19H21NO4/c21-19(9-12-22-14-15-5-2-1-3-6-15)20-16-7-8-17-18(13-16)24-11-4-10-23-17/h1-3,5-8,13H,4,9-12,14H2,(H,20,21). The van der Waals surface area contributed by atoms with Gasteiger partial charge < -0.3 is 19.5 Å². The quantitative estimate of drug-likeness (QED) is 0.826. The summed E-state index contributed by atoms with van der Waals surface area (Å²) in [6.07, 6.45) is 1.16. The molecule has 0 bridgehead atoms. The Hall–Kier alpha value is -2.53. The SMILES string of the molecule is O=C(CCOCc1ccccc1)Nc1ccc2c(c1)OCCCO2. The molecule has 0 spiro atoms. The van der Waals surface area contributed by atoms with Crippen LogP contribution in [0.3, 0.4) is 0 Å². The molecule has 2 aromatic carbocycles. The van der Waals surface area contributed by atoms with Crippen LogP contribution in [0.15, 0.2) is 48.5 Å². The Kier molecular flexibility index (Phi) is 5.69. The minimum atomic E-state index is -0.0856. The van der Waals surface area contributed by atoms with Crippen LogP contribution in [-0.4, -0.2) is 25.7 Å². The minimum absolute atomic E-state index is 0.0856. The first-order valence-corrected chi connectivity index (χ1v) is 8.12. The van der Waals surface area contributed by atoms with Crippen molar-refractivity contribution in [1.29, 1.82) is 0 Å². The summed E-state index contributed by atoms with van der Waals surface area (Å²) >= 11 is 0. The lowest BCUT2D eigenvalue weighted by Gasteiger charge is -2.10. The van der Waals surface area contributed by atoms with Gasteiger partial charge in [0.25, 0.3) is 0 Å². The Balaban J connectivity index is 1.44. The smallest absolute Gasteiger partial charge is 0.226 e. The summed E-state index contributed by atoms with van der Waals surface area (Å²) < 4.78 is 16.7. The van der Waals surface area contributed by atoms with Crippen LogP contribution < -0.4 is 14.8 Å². The zero-order valence-corrected chi connectivity index (χ0v) is 13.5. The molecule has 1 heterocycles. The molecule has 0 unspecified atom stereocenters. The fourth-order valence-corrected chi connectivity index (χ4v) is 2.39. The Bertz CT molecular complexity index is 672. The van der Waals surface area contributed by atoms with E-state index in [0.717, 1.165) is 17.7 Å². The number of benzene rings is 2. The molecule has 2 aromatic rings. The first kappa shape index (κ1) is 16.3. The Morgan fingerprint density at radius 2 is 1.83 bits per heavy atom. The van der Waals surface area contributed by atoms with E-state index in [1.807, 2.05) is 42.5 Å². The number of amides is 1. The van der Waals surface area contributed by atoms with E-state index in [-0.39, 0.29) is 5.91 Å². The third-order valence-corrected chi connectivity index (χ3v) is 3.62. The summed E-state index contributed by atoms with van der Waals surface area (Å²) in [7, 11) is 0. The third kappa shape index (κ3) is 4.73. The maximum atomic E-state index is 12.0. The lowest BCUT2D eigenvalue weighted by Crippen LogP contribution is -2.14. The number of fused-ring (bicyclic) bond motifs is 1.